The second kappa shape index (κ2) is 7.23. The summed E-state index contributed by atoms with van der Waals surface area (Å²) in [5, 5.41) is 3.48. The summed E-state index contributed by atoms with van der Waals surface area (Å²) in [7, 11) is 0. The fraction of sp³-hybridized carbons (Fsp3) is 0.556. The van der Waals surface area contributed by atoms with Gasteiger partial charge in [0, 0.05) is 18.7 Å². The molecule has 1 fully saturated rings. The molecule has 0 radical (unpaired) electrons. The molecule has 0 unspecified atom stereocenters. The zero-order chi connectivity index (χ0) is 15.4. The van der Waals surface area contributed by atoms with Crippen molar-refractivity contribution in [2.45, 2.75) is 51.4 Å². The zero-order valence-electron chi connectivity index (χ0n) is 13.0. The third kappa shape index (κ3) is 3.67. The van der Waals surface area contributed by atoms with Gasteiger partial charge < -0.3 is 10.2 Å². The molecule has 0 saturated heterocycles. The minimum Gasteiger partial charge on any atom is -0.318 e. The molecule has 1 aliphatic carbocycles. The standard InChI is InChI=1S/C18H24N2OS/c21-17(11-10-14-6-2-1-3-7-14)19-18(22)20-13-12-15-8-4-5-9-16(15)20/h4-5,8-9,14H,1-3,6-7,10-13H2,(H,19,21,22). The average molecular weight is 316 g/mol. The second-order valence-corrected chi connectivity index (χ2v) is 6.81. The number of amides is 1. The van der Waals surface area contributed by atoms with Gasteiger partial charge in [0.1, 0.15) is 0 Å². The van der Waals surface area contributed by atoms with Crippen LogP contribution in [-0.2, 0) is 11.2 Å². The fourth-order valence-corrected chi connectivity index (χ4v) is 3.91. The summed E-state index contributed by atoms with van der Waals surface area (Å²) in [4.78, 5) is 14.2. The molecule has 1 N–H and O–H groups in total. The van der Waals surface area contributed by atoms with Crippen molar-refractivity contribution in [3.63, 3.8) is 0 Å². The van der Waals surface area contributed by atoms with Crippen molar-refractivity contribution >= 4 is 28.9 Å². The van der Waals surface area contributed by atoms with E-state index in [1.807, 2.05) is 17.0 Å². The van der Waals surface area contributed by atoms with E-state index in [9.17, 15) is 4.79 Å². The number of carbonyl (C=O) groups excluding carboxylic acids is 1. The van der Waals surface area contributed by atoms with E-state index in [1.54, 1.807) is 0 Å². The summed E-state index contributed by atoms with van der Waals surface area (Å²) in [6.45, 7) is 0.862. The molecular weight excluding hydrogens is 292 g/mol. The Labute approximate surface area is 138 Å². The smallest absolute Gasteiger partial charge is 0.226 e. The molecule has 22 heavy (non-hydrogen) atoms. The fourth-order valence-electron chi connectivity index (χ4n) is 3.61. The van der Waals surface area contributed by atoms with Gasteiger partial charge in [-0.25, -0.2) is 0 Å². The summed E-state index contributed by atoms with van der Waals surface area (Å²) in [6.07, 6.45) is 9.19. The van der Waals surface area contributed by atoms with Crippen LogP contribution in [0, 0.1) is 5.92 Å². The Morgan fingerprint density at radius 2 is 2.00 bits per heavy atom. The van der Waals surface area contributed by atoms with Gasteiger partial charge in [-0.2, -0.15) is 0 Å². The molecule has 1 aliphatic heterocycles. The predicted octanol–water partition coefficient (Wildman–Crippen LogP) is 3.81. The van der Waals surface area contributed by atoms with Gasteiger partial charge in [-0.3, -0.25) is 4.79 Å². The molecule has 0 bridgehead atoms. The van der Waals surface area contributed by atoms with Crippen LogP contribution >= 0.6 is 12.2 Å². The molecule has 4 heteroatoms. The van der Waals surface area contributed by atoms with E-state index in [4.69, 9.17) is 12.2 Å². The van der Waals surface area contributed by atoms with Crippen LogP contribution in [0.2, 0.25) is 0 Å². The third-order valence-corrected chi connectivity index (χ3v) is 5.21. The first kappa shape index (κ1) is 15.5. The lowest BCUT2D eigenvalue weighted by Crippen LogP contribution is -2.42. The molecule has 0 atom stereocenters. The first-order chi connectivity index (χ1) is 10.7. The molecule has 0 spiro atoms. The van der Waals surface area contributed by atoms with Gasteiger partial charge in [0.2, 0.25) is 5.91 Å². The Hall–Kier alpha value is -1.42. The number of thiocarbonyl (C=S) groups is 1. The van der Waals surface area contributed by atoms with E-state index in [0.717, 1.165) is 31.0 Å². The van der Waals surface area contributed by atoms with Crippen LogP contribution in [0.25, 0.3) is 0 Å². The SMILES string of the molecule is O=C(CCC1CCCCC1)NC(=S)N1CCc2ccccc21. The van der Waals surface area contributed by atoms with Crippen molar-refractivity contribution < 1.29 is 4.79 Å². The molecule has 3 nitrogen and oxygen atoms in total. The molecular formula is C18H24N2OS. The number of benzene rings is 1. The van der Waals surface area contributed by atoms with Gasteiger partial charge in [0.05, 0.1) is 0 Å². The van der Waals surface area contributed by atoms with E-state index in [2.05, 4.69) is 17.4 Å². The minimum absolute atomic E-state index is 0.0694. The first-order valence-corrected chi connectivity index (χ1v) is 8.84. The lowest BCUT2D eigenvalue weighted by Gasteiger charge is -2.22. The predicted molar refractivity (Wildman–Crippen MR) is 94.0 cm³/mol. The monoisotopic (exact) mass is 316 g/mol. The summed E-state index contributed by atoms with van der Waals surface area (Å²) in [5.41, 5.74) is 2.45. The molecule has 0 aromatic heterocycles. The number of para-hydroxylation sites is 1. The number of nitrogens with zero attached hydrogens (tertiary/aromatic N) is 1. The summed E-state index contributed by atoms with van der Waals surface area (Å²) >= 11 is 5.43. The van der Waals surface area contributed by atoms with Crippen LogP contribution in [0.5, 0.6) is 0 Å². The molecule has 1 amide bonds. The number of rotatable bonds is 3. The van der Waals surface area contributed by atoms with Crippen LogP contribution in [-0.4, -0.2) is 17.6 Å². The van der Waals surface area contributed by atoms with Gasteiger partial charge in [0.15, 0.2) is 5.11 Å². The third-order valence-electron chi connectivity index (χ3n) is 4.88. The lowest BCUT2D eigenvalue weighted by molar-refractivity contribution is -0.120. The van der Waals surface area contributed by atoms with Crippen LogP contribution in [0.1, 0.15) is 50.5 Å². The second-order valence-electron chi connectivity index (χ2n) is 6.43. The maximum atomic E-state index is 12.1. The highest BCUT2D eigenvalue weighted by atomic mass is 32.1. The highest BCUT2D eigenvalue weighted by molar-refractivity contribution is 7.80. The van der Waals surface area contributed by atoms with Gasteiger partial charge in [-0.15, -0.1) is 0 Å². The first-order valence-electron chi connectivity index (χ1n) is 8.43. The lowest BCUT2D eigenvalue weighted by atomic mass is 9.86. The van der Waals surface area contributed by atoms with E-state index >= 15 is 0 Å². The number of fused-ring (bicyclic) bond motifs is 1. The topological polar surface area (TPSA) is 32.3 Å². The maximum Gasteiger partial charge on any atom is 0.226 e. The maximum absolute atomic E-state index is 12.1. The summed E-state index contributed by atoms with van der Waals surface area (Å²) < 4.78 is 0. The number of anilines is 1. The van der Waals surface area contributed by atoms with Gasteiger partial charge in [-0.05, 0) is 42.6 Å². The molecule has 2 aliphatic rings. The van der Waals surface area contributed by atoms with Crippen molar-refractivity contribution in [3.05, 3.63) is 29.8 Å². The number of carbonyl (C=O) groups is 1. The molecule has 3 rings (SSSR count). The van der Waals surface area contributed by atoms with Crippen molar-refractivity contribution in [2.75, 3.05) is 11.4 Å². The molecule has 1 aromatic carbocycles. The quantitative estimate of drug-likeness (QED) is 0.861. The van der Waals surface area contributed by atoms with Crippen molar-refractivity contribution in [2.24, 2.45) is 5.92 Å². The largest absolute Gasteiger partial charge is 0.318 e. The molecule has 1 saturated carbocycles. The Balaban J connectivity index is 1.48. The van der Waals surface area contributed by atoms with Gasteiger partial charge in [0.25, 0.3) is 0 Å². The highest BCUT2D eigenvalue weighted by Gasteiger charge is 2.23. The number of hydrogen-bond donors (Lipinski definition) is 1. The average Bonchev–Trinajstić information content (AvgIpc) is 2.98. The van der Waals surface area contributed by atoms with Gasteiger partial charge in [-0.1, -0.05) is 50.3 Å². The highest BCUT2D eigenvalue weighted by Crippen LogP contribution is 2.28. The van der Waals surface area contributed by atoms with E-state index in [1.165, 1.54) is 37.7 Å². The zero-order valence-corrected chi connectivity index (χ0v) is 13.8. The summed E-state index contributed by atoms with van der Waals surface area (Å²) in [6, 6.07) is 8.27. The van der Waals surface area contributed by atoms with E-state index < -0.39 is 0 Å². The van der Waals surface area contributed by atoms with Gasteiger partial charge >= 0.3 is 0 Å². The Kier molecular flexibility index (Phi) is 5.08. The van der Waals surface area contributed by atoms with E-state index in [-0.39, 0.29) is 5.91 Å². The van der Waals surface area contributed by atoms with Crippen molar-refractivity contribution in [3.8, 4) is 0 Å². The molecule has 118 valence electrons. The Morgan fingerprint density at radius 1 is 1.23 bits per heavy atom. The number of hydrogen-bond acceptors (Lipinski definition) is 2. The Morgan fingerprint density at radius 3 is 2.82 bits per heavy atom. The minimum atomic E-state index is 0.0694. The normalized spacial score (nSPS) is 18.1. The van der Waals surface area contributed by atoms with Crippen LogP contribution in [0.3, 0.4) is 0 Å². The van der Waals surface area contributed by atoms with Crippen LogP contribution in [0.4, 0.5) is 5.69 Å². The summed E-state index contributed by atoms with van der Waals surface area (Å²) in [5.74, 6) is 0.806. The molecule has 1 aromatic rings. The molecule has 1 heterocycles. The van der Waals surface area contributed by atoms with Crippen molar-refractivity contribution in [1.29, 1.82) is 0 Å². The van der Waals surface area contributed by atoms with Crippen molar-refractivity contribution in [1.82, 2.24) is 5.32 Å². The number of nitrogens with one attached hydrogen (secondary N) is 1. The Bertz CT molecular complexity index is 552. The van der Waals surface area contributed by atoms with Crippen LogP contribution in [0.15, 0.2) is 24.3 Å². The van der Waals surface area contributed by atoms with E-state index in [0.29, 0.717) is 11.5 Å². The van der Waals surface area contributed by atoms with Crippen LogP contribution < -0.4 is 10.2 Å².